The molecule has 1 N–H and O–H groups in total. The number of para-hydroxylation sites is 1. The van der Waals surface area contributed by atoms with Crippen molar-refractivity contribution in [2.75, 3.05) is 21.3 Å². The summed E-state index contributed by atoms with van der Waals surface area (Å²) in [7, 11) is 4.74. The number of methoxy groups -OCH3 is 2. The Morgan fingerprint density at radius 2 is 1.55 bits per heavy atom. The topological polar surface area (TPSA) is 68.0 Å². The highest BCUT2D eigenvalue weighted by atomic mass is 16.5. The predicted octanol–water partition coefficient (Wildman–Crippen LogP) is 2.86. The predicted molar refractivity (Wildman–Crippen MR) is 114 cm³/mol. The van der Waals surface area contributed by atoms with Crippen molar-refractivity contribution in [1.29, 1.82) is 0 Å². The number of benzene rings is 3. The molecule has 1 atom stereocenters. The van der Waals surface area contributed by atoms with E-state index in [2.05, 4.69) is 4.57 Å². The van der Waals surface area contributed by atoms with Crippen LogP contribution in [0.1, 0.15) is 5.56 Å². The summed E-state index contributed by atoms with van der Waals surface area (Å²) < 4.78 is 12.9. The lowest BCUT2D eigenvalue weighted by Gasteiger charge is -2.19. The van der Waals surface area contributed by atoms with E-state index in [1.54, 1.807) is 26.4 Å². The van der Waals surface area contributed by atoms with E-state index < -0.39 is 0 Å². The van der Waals surface area contributed by atoms with Gasteiger partial charge in [0.2, 0.25) is 0 Å². The van der Waals surface area contributed by atoms with Crippen LogP contribution < -0.4 is 20.0 Å². The molecule has 148 valence electrons. The van der Waals surface area contributed by atoms with E-state index in [0.29, 0.717) is 34.5 Å². The van der Waals surface area contributed by atoms with Crippen molar-refractivity contribution in [3.05, 3.63) is 81.7 Å². The molecule has 4 aromatic rings. The van der Waals surface area contributed by atoms with E-state index >= 15 is 0 Å². The molecule has 0 spiro atoms. The van der Waals surface area contributed by atoms with Crippen molar-refractivity contribution in [2.45, 2.75) is 6.54 Å². The first-order valence-corrected chi connectivity index (χ1v) is 9.30. The minimum Gasteiger partial charge on any atom is -0.629 e. The highest BCUT2D eigenvalue weighted by Crippen LogP contribution is 2.26. The van der Waals surface area contributed by atoms with E-state index in [-0.39, 0.29) is 10.5 Å². The van der Waals surface area contributed by atoms with E-state index in [9.17, 15) is 10.0 Å². The van der Waals surface area contributed by atoms with Crippen LogP contribution >= 0.6 is 0 Å². The zero-order valence-electron chi connectivity index (χ0n) is 16.6. The minimum atomic E-state index is -0.0711. The largest absolute Gasteiger partial charge is 0.629 e. The molecule has 0 saturated heterocycles. The fourth-order valence-corrected chi connectivity index (χ4v) is 3.66. The summed E-state index contributed by atoms with van der Waals surface area (Å²) in [6.45, 7) is 0.518. The standard InChI is InChI=1S/C23H22N2O4/c1-24(27)16-8-9-22-20(12-16)23(26)19-6-4-5-7-21(19)25(22)14-15-10-17(28-2)13-18(11-15)29-3/h4-13,24H,14H2,1-3H3. The number of hydrogen-bond donors (Lipinski definition) is 1. The number of rotatable bonds is 5. The number of nitrogens with one attached hydrogen (secondary N) is 1. The maximum Gasteiger partial charge on any atom is 0.197 e. The zero-order chi connectivity index (χ0) is 20.5. The maximum atomic E-state index is 13.1. The van der Waals surface area contributed by atoms with E-state index in [4.69, 9.17) is 9.47 Å². The van der Waals surface area contributed by atoms with Gasteiger partial charge in [0, 0.05) is 30.1 Å². The molecule has 4 rings (SSSR count). The average Bonchev–Trinajstić information content (AvgIpc) is 2.75. The highest BCUT2D eigenvalue weighted by Gasteiger charge is 2.14. The van der Waals surface area contributed by atoms with Crippen LogP contribution in [0.2, 0.25) is 0 Å². The third-order valence-corrected chi connectivity index (χ3v) is 5.13. The monoisotopic (exact) mass is 390 g/mol. The Labute approximate surface area is 168 Å². The second kappa shape index (κ2) is 7.58. The van der Waals surface area contributed by atoms with Gasteiger partial charge in [-0.05, 0) is 35.9 Å². The summed E-state index contributed by atoms with van der Waals surface area (Å²) in [5, 5.41) is 12.9. The van der Waals surface area contributed by atoms with Gasteiger partial charge in [0.25, 0.3) is 0 Å². The molecule has 0 bridgehead atoms. The van der Waals surface area contributed by atoms with Crippen LogP contribution in [-0.2, 0) is 6.54 Å². The van der Waals surface area contributed by atoms with E-state index in [1.165, 1.54) is 7.05 Å². The van der Waals surface area contributed by atoms with Crippen LogP contribution in [0.3, 0.4) is 0 Å². The Bertz CT molecular complexity index is 1240. The lowest BCUT2D eigenvalue weighted by atomic mass is 10.1. The first-order valence-electron chi connectivity index (χ1n) is 9.30. The summed E-state index contributed by atoms with van der Waals surface area (Å²) in [5.74, 6) is 1.40. The van der Waals surface area contributed by atoms with Crippen LogP contribution in [0.4, 0.5) is 5.69 Å². The highest BCUT2D eigenvalue weighted by molar-refractivity contribution is 5.94. The molecule has 0 radical (unpaired) electrons. The zero-order valence-corrected chi connectivity index (χ0v) is 16.6. The van der Waals surface area contributed by atoms with Gasteiger partial charge in [-0.25, -0.2) is 0 Å². The van der Waals surface area contributed by atoms with Gasteiger partial charge in [-0.2, -0.15) is 0 Å². The Kier molecular flexibility index (Phi) is 4.96. The van der Waals surface area contributed by atoms with Gasteiger partial charge >= 0.3 is 0 Å². The molecule has 1 unspecified atom stereocenters. The first kappa shape index (κ1) is 19.0. The third kappa shape index (κ3) is 3.44. The minimum absolute atomic E-state index is 0.0662. The second-order valence-corrected chi connectivity index (χ2v) is 6.94. The summed E-state index contributed by atoms with van der Waals surface area (Å²) in [6.07, 6.45) is 0. The average molecular weight is 390 g/mol. The van der Waals surface area contributed by atoms with Crippen LogP contribution in [0, 0.1) is 5.21 Å². The molecular weight excluding hydrogens is 368 g/mol. The van der Waals surface area contributed by atoms with E-state index in [1.807, 2.05) is 48.5 Å². The fraction of sp³-hybridized carbons (Fsp3) is 0.174. The van der Waals surface area contributed by atoms with Gasteiger partial charge < -0.3 is 24.3 Å². The first-order chi connectivity index (χ1) is 14.0. The molecule has 0 fully saturated rings. The number of ether oxygens (including phenoxy) is 2. The summed E-state index contributed by atoms with van der Waals surface area (Å²) >= 11 is 0. The van der Waals surface area contributed by atoms with Crippen molar-refractivity contribution in [3.63, 3.8) is 0 Å². The third-order valence-electron chi connectivity index (χ3n) is 5.13. The normalized spacial score (nSPS) is 12.3. The lowest BCUT2D eigenvalue weighted by molar-refractivity contribution is -0.751. The molecule has 0 aliphatic carbocycles. The quantitative estimate of drug-likeness (QED) is 0.420. The van der Waals surface area contributed by atoms with Crippen molar-refractivity contribution >= 4 is 27.5 Å². The molecule has 0 aliphatic rings. The molecule has 1 aromatic heterocycles. The number of aromatic nitrogens is 1. The molecule has 0 aliphatic heterocycles. The van der Waals surface area contributed by atoms with Gasteiger partial charge in [-0.1, -0.05) is 12.1 Å². The molecule has 29 heavy (non-hydrogen) atoms. The lowest BCUT2D eigenvalue weighted by Crippen LogP contribution is -2.98. The summed E-state index contributed by atoms with van der Waals surface area (Å²) in [6, 6.07) is 18.5. The molecule has 0 saturated carbocycles. The Morgan fingerprint density at radius 1 is 0.897 bits per heavy atom. The van der Waals surface area contributed by atoms with Gasteiger partial charge in [0.05, 0.1) is 37.7 Å². The van der Waals surface area contributed by atoms with Gasteiger partial charge in [0.15, 0.2) is 5.43 Å². The molecule has 3 aromatic carbocycles. The molecule has 1 heterocycles. The number of nitrogens with zero attached hydrogens (tertiary/aromatic N) is 1. The van der Waals surface area contributed by atoms with E-state index in [0.717, 1.165) is 16.6 Å². The van der Waals surface area contributed by atoms with Gasteiger partial charge in [0.1, 0.15) is 17.2 Å². The smallest absolute Gasteiger partial charge is 0.197 e. The Balaban J connectivity index is 2.00. The molecule has 0 amide bonds. The summed E-state index contributed by atoms with van der Waals surface area (Å²) in [5.41, 5.74) is 3.05. The van der Waals surface area contributed by atoms with Crippen LogP contribution in [0.15, 0.2) is 65.5 Å². The summed E-state index contributed by atoms with van der Waals surface area (Å²) in [4.78, 5) is 13.1. The molecule has 6 nitrogen and oxygen atoms in total. The fourth-order valence-electron chi connectivity index (χ4n) is 3.66. The van der Waals surface area contributed by atoms with Gasteiger partial charge in [-0.3, -0.25) is 4.79 Å². The Morgan fingerprint density at radius 3 is 2.21 bits per heavy atom. The van der Waals surface area contributed by atoms with Crippen molar-refractivity contribution < 1.29 is 14.5 Å². The van der Waals surface area contributed by atoms with Crippen molar-refractivity contribution in [1.82, 2.24) is 4.57 Å². The molecular formula is C23H22N2O4. The number of hydroxylamine groups is 1. The van der Waals surface area contributed by atoms with Crippen LogP contribution in [-0.4, -0.2) is 25.8 Å². The van der Waals surface area contributed by atoms with Crippen LogP contribution in [0.5, 0.6) is 11.5 Å². The Hall–Kier alpha value is -3.35. The number of quaternary nitrogens is 1. The number of hydrogen-bond acceptors (Lipinski definition) is 4. The number of fused-ring (bicyclic) bond motifs is 2. The van der Waals surface area contributed by atoms with Crippen LogP contribution in [0.25, 0.3) is 21.8 Å². The van der Waals surface area contributed by atoms with Crippen molar-refractivity contribution in [2.24, 2.45) is 0 Å². The maximum absolute atomic E-state index is 13.1. The van der Waals surface area contributed by atoms with Crippen molar-refractivity contribution in [3.8, 4) is 11.5 Å². The second-order valence-electron chi connectivity index (χ2n) is 6.94. The van der Waals surface area contributed by atoms with Gasteiger partial charge in [-0.15, -0.1) is 0 Å². The number of pyridine rings is 1. The SMILES string of the molecule is COc1cc(Cn2c3ccccc3c(=O)c3cc([NH+](C)[O-])ccc32)cc(OC)c1. The molecule has 6 heteroatoms.